The zero-order valence-corrected chi connectivity index (χ0v) is 12.9. The minimum Gasteiger partial charge on any atom is -0.480 e. The van der Waals surface area contributed by atoms with Crippen LogP contribution in [0.2, 0.25) is 0 Å². The van der Waals surface area contributed by atoms with E-state index in [9.17, 15) is 9.90 Å². The van der Waals surface area contributed by atoms with E-state index in [1.165, 1.54) is 12.8 Å². The van der Waals surface area contributed by atoms with E-state index in [0.717, 1.165) is 38.0 Å². The molecule has 0 aromatic heterocycles. The summed E-state index contributed by atoms with van der Waals surface area (Å²) in [5.41, 5.74) is -0.786. The molecular formula is C16H29NO3. The number of carboxylic acid groups (broad SMARTS) is 1. The summed E-state index contributed by atoms with van der Waals surface area (Å²) in [5.74, 6) is 0.101. The molecule has 2 aliphatic rings. The Hall–Kier alpha value is -0.610. The molecule has 1 unspecified atom stereocenters. The smallest absolute Gasteiger partial charge is 0.323 e. The molecule has 4 heteroatoms. The summed E-state index contributed by atoms with van der Waals surface area (Å²) in [6, 6.07) is 0.414. The van der Waals surface area contributed by atoms with Crippen molar-refractivity contribution in [1.29, 1.82) is 0 Å². The molecule has 2 fully saturated rings. The molecule has 2 aliphatic carbocycles. The van der Waals surface area contributed by atoms with Crippen LogP contribution in [0.25, 0.3) is 0 Å². The maximum atomic E-state index is 11.4. The Balaban J connectivity index is 1.64. The van der Waals surface area contributed by atoms with E-state index in [1.807, 2.05) is 0 Å². The second-order valence-corrected chi connectivity index (χ2v) is 6.91. The third-order valence-electron chi connectivity index (χ3n) is 4.71. The normalized spacial score (nSPS) is 29.9. The molecule has 0 aliphatic heterocycles. The fraction of sp³-hybridized carbons (Fsp3) is 0.938. The third kappa shape index (κ3) is 4.74. The summed E-state index contributed by atoms with van der Waals surface area (Å²) in [4.78, 5) is 11.4. The van der Waals surface area contributed by atoms with E-state index in [0.29, 0.717) is 25.2 Å². The topological polar surface area (TPSA) is 58.6 Å². The van der Waals surface area contributed by atoms with Gasteiger partial charge in [0.15, 0.2) is 0 Å². The summed E-state index contributed by atoms with van der Waals surface area (Å²) >= 11 is 0. The Bertz CT molecular complexity index is 322. The van der Waals surface area contributed by atoms with Crippen LogP contribution in [0.4, 0.5) is 0 Å². The van der Waals surface area contributed by atoms with Crippen LogP contribution in [0.15, 0.2) is 0 Å². The fourth-order valence-electron chi connectivity index (χ4n) is 2.99. The summed E-state index contributed by atoms with van der Waals surface area (Å²) in [7, 11) is 0. The predicted molar refractivity (Wildman–Crippen MR) is 78.8 cm³/mol. The van der Waals surface area contributed by atoms with Gasteiger partial charge in [0.25, 0.3) is 0 Å². The monoisotopic (exact) mass is 283 g/mol. The molecule has 0 heterocycles. The van der Waals surface area contributed by atoms with Crippen LogP contribution >= 0.6 is 0 Å². The van der Waals surface area contributed by atoms with Crippen LogP contribution in [-0.4, -0.2) is 35.4 Å². The number of hydrogen-bond donors (Lipinski definition) is 2. The Morgan fingerprint density at radius 3 is 2.45 bits per heavy atom. The highest BCUT2D eigenvalue weighted by Crippen LogP contribution is 2.27. The average Bonchev–Trinajstić information content (AvgIpc) is 3.20. The molecule has 2 saturated carbocycles. The SMILES string of the molecule is CC1CCC(OCCCC(C)(NC2CC2)C(=O)O)CC1. The largest absolute Gasteiger partial charge is 0.480 e. The summed E-state index contributed by atoms with van der Waals surface area (Å²) in [6.45, 7) is 4.79. The first-order valence-electron chi connectivity index (χ1n) is 8.12. The maximum absolute atomic E-state index is 11.4. The van der Waals surface area contributed by atoms with Crippen molar-refractivity contribution in [3.05, 3.63) is 0 Å². The van der Waals surface area contributed by atoms with E-state index in [4.69, 9.17) is 4.74 Å². The molecule has 116 valence electrons. The number of ether oxygens (including phenoxy) is 1. The first-order valence-corrected chi connectivity index (χ1v) is 8.12. The number of nitrogens with one attached hydrogen (secondary N) is 1. The molecule has 0 radical (unpaired) electrons. The summed E-state index contributed by atoms with van der Waals surface area (Å²) in [6.07, 6.45) is 8.94. The number of carbonyl (C=O) groups is 1. The molecule has 0 amide bonds. The van der Waals surface area contributed by atoms with Gasteiger partial charge in [-0.2, -0.15) is 0 Å². The van der Waals surface area contributed by atoms with E-state index < -0.39 is 11.5 Å². The van der Waals surface area contributed by atoms with Crippen LogP contribution in [0.5, 0.6) is 0 Å². The van der Waals surface area contributed by atoms with Gasteiger partial charge in [-0.3, -0.25) is 10.1 Å². The minimum absolute atomic E-state index is 0.402. The molecule has 0 aromatic rings. The second-order valence-electron chi connectivity index (χ2n) is 6.91. The average molecular weight is 283 g/mol. The van der Waals surface area contributed by atoms with E-state index in [-0.39, 0.29) is 0 Å². The quantitative estimate of drug-likeness (QED) is 0.672. The minimum atomic E-state index is -0.786. The van der Waals surface area contributed by atoms with Gasteiger partial charge >= 0.3 is 5.97 Å². The van der Waals surface area contributed by atoms with Crippen LogP contribution < -0.4 is 5.32 Å². The van der Waals surface area contributed by atoms with E-state index in [2.05, 4.69) is 12.2 Å². The lowest BCUT2D eigenvalue weighted by Gasteiger charge is -2.28. The molecule has 4 nitrogen and oxygen atoms in total. The Morgan fingerprint density at radius 1 is 1.25 bits per heavy atom. The number of aliphatic carboxylic acids is 1. The van der Waals surface area contributed by atoms with Crippen molar-refractivity contribution in [2.24, 2.45) is 5.92 Å². The summed E-state index contributed by atoms with van der Waals surface area (Å²) < 4.78 is 5.91. The molecule has 0 saturated heterocycles. The highest BCUT2D eigenvalue weighted by Gasteiger charge is 2.37. The Labute approximate surface area is 122 Å². The van der Waals surface area contributed by atoms with Crippen molar-refractivity contribution in [3.63, 3.8) is 0 Å². The fourth-order valence-corrected chi connectivity index (χ4v) is 2.99. The molecule has 2 N–H and O–H groups in total. The van der Waals surface area contributed by atoms with Crippen molar-refractivity contribution in [2.75, 3.05) is 6.61 Å². The van der Waals surface area contributed by atoms with Crippen molar-refractivity contribution >= 4 is 5.97 Å². The zero-order chi connectivity index (χ0) is 14.6. The van der Waals surface area contributed by atoms with Crippen LogP contribution in [-0.2, 0) is 9.53 Å². The maximum Gasteiger partial charge on any atom is 0.323 e. The molecule has 0 bridgehead atoms. The van der Waals surface area contributed by atoms with Gasteiger partial charge in [-0.05, 0) is 64.2 Å². The van der Waals surface area contributed by atoms with Crippen molar-refractivity contribution < 1.29 is 14.6 Å². The standard InChI is InChI=1S/C16H29NO3/c1-12-4-8-14(9-5-12)20-11-3-10-16(2,15(18)19)17-13-6-7-13/h12-14,17H,3-11H2,1-2H3,(H,18,19). The van der Waals surface area contributed by atoms with Gasteiger partial charge in [0.2, 0.25) is 0 Å². The Morgan fingerprint density at radius 2 is 1.90 bits per heavy atom. The highest BCUT2D eigenvalue weighted by molar-refractivity contribution is 5.78. The lowest BCUT2D eigenvalue weighted by molar-refractivity contribution is -0.144. The summed E-state index contributed by atoms with van der Waals surface area (Å²) in [5, 5.41) is 12.6. The van der Waals surface area contributed by atoms with Crippen molar-refractivity contribution in [3.8, 4) is 0 Å². The molecule has 2 rings (SSSR count). The Kier molecular flexibility index (Phi) is 5.44. The lowest BCUT2D eigenvalue weighted by atomic mass is 9.89. The highest BCUT2D eigenvalue weighted by atomic mass is 16.5. The number of hydrogen-bond acceptors (Lipinski definition) is 3. The van der Waals surface area contributed by atoms with Crippen LogP contribution in [0.3, 0.4) is 0 Å². The van der Waals surface area contributed by atoms with Crippen molar-refractivity contribution in [2.45, 2.75) is 82.9 Å². The molecule has 1 atom stereocenters. The zero-order valence-electron chi connectivity index (χ0n) is 12.9. The second kappa shape index (κ2) is 6.90. The van der Waals surface area contributed by atoms with Crippen LogP contribution in [0, 0.1) is 5.92 Å². The van der Waals surface area contributed by atoms with Gasteiger partial charge in [0.1, 0.15) is 5.54 Å². The molecule has 0 aromatic carbocycles. The predicted octanol–water partition coefficient (Wildman–Crippen LogP) is 2.96. The first kappa shape index (κ1) is 15.8. The molecule has 20 heavy (non-hydrogen) atoms. The first-order chi connectivity index (χ1) is 9.49. The van der Waals surface area contributed by atoms with Crippen molar-refractivity contribution in [1.82, 2.24) is 5.32 Å². The van der Waals surface area contributed by atoms with Gasteiger partial charge < -0.3 is 9.84 Å². The van der Waals surface area contributed by atoms with Gasteiger partial charge in [0.05, 0.1) is 6.10 Å². The van der Waals surface area contributed by atoms with E-state index in [1.54, 1.807) is 6.92 Å². The van der Waals surface area contributed by atoms with E-state index >= 15 is 0 Å². The van der Waals surface area contributed by atoms with Gasteiger partial charge in [0, 0.05) is 12.6 Å². The number of carboxylic acids is 1. The van der Waals surface area contributed by atoms with Gasteiger partial charge in [-0.1, -0.05) is 6.92 Å². The molecule has 0 spiro atoms. The van der Waals surface area contributed by atoms with Crippen LogP contribution in [0.1, 0.15) is 65.2 Å². The molecular weight excluding hydrogens is 254 g/mol. The third-order valence-corrected chi connectivity index (χ3v) is 4.71. The van der Waals surface area contributed by atoms with Gasteiger partial charge in [-0.25, -0.2) is 0 Å². The number of rotatable bonds is 8. The lowest BCUT2D eigenvalue weighted by Crippen LogP contribution is -2.50. The van der Waals surface area contributed by atoms with Gasteiger partial charge in [-0.15, -0.1) is 0 Å².